The van der Waals surface area contributed by atoms with Gasteiger partial charge >= 0.3 is 0 Å². The molecule has 0 aromatic heterocycles. The molecule has 0 aliphatic carbocycles. The summed E-state index contributed by atoms with van der Waals surface area (Å²) >= 11 is 0. The molecule has 0 bridgehead atoms. The van der Waals surface area contributed by atoms with Gasteiger partial charge in [-0.1, -0.05) is 91.0 Å². The molecule has 136 valence electrons. The molecule has 3 N–H and O–H groups in total. The van der Waals surface area contributed by atoms with Crippen molar-refractivity contribution in [2.45, 2.75) is 18.4 Å². The van der Waals surface area contributed by atoms with Gasteiger partial charge in [-0.15, -0.1) is 0 Å². The lowest BCUT2D eigenvalue weighted by atomic mass is 9.84. The number of primary amides is 1. The molecule has 0 fully saturated rings. The van der Waals surface area contributed by atoms with Crippen molar-refractivity contribution in [2.24, 2.45) is 5.73 Å². The molecular formula is C23H22N2O2. The summed E-state index contributed by atoms with van der Waals surface area (Å²) in [5.74, 6) is -1.15. The second-order valence-corrected chi connectivity index (χ2v) is 6.41. The van der Waals surface area contributed by atoms with Gasteiger partial charge in [0.2, 0.25) is 11.8 Å². The second kappa shape index (κ2) is 8.81. The van der Waals surface area contributed by atoms with Crippen LogP contribution in [0.15, 0.2) is 91.0 Å². The van der Waals surface area contributed by atoms with Gasteiger partial charge in [-0.2, -0.15) is 0 Å². The number of rotatable bonds is 7. The topological polar surface area (TPSA) is 72.2 Å². The first-order chi connectivity index (χ1) is 13.1. The maximum atomic E-state index is 12.6. The molecule has 4 heteroatoms. The lowest BCUT2D eigenvalue weighted by molar-refractivity contribution is -0.127. The minimum Gasteiger partial charge on any atom is -0.368 e. The van der Waals surface area contributed by atoms with E-state index < -0.39 is 11.9 Å². The second-order valence-electron chi connectivity index (χ2n) is 6.41. The zero-order valence-electron chi connectivity index (χ0n) is 14.9. The van der Waals surface area contributed by atoms with Crippen LogP contribution in [0, 0.1) is 0 Å². The lowest BCUT2D eigenvalue weighted by Gasteiger charge is -2.27. The average Bonchev–Trinajstić information content (AvgIpc) is 2.70. The highest BCUT2D eigenvalue weighted by atomic mass is 16.2. The first-order valence-corrected chi connectivity index (χ1v) is 8.87. The fourth-order valence-corrected chi connectivity index (χ4v) is 3.22. The van der Waals surface area contributed by atoms with E-state index in [9.17, 15) is 9.59 Å². The van der Waals surface area contributed by atoms with E-state index in [1.807, 2.05) is 91.0 Å². The van der Waals surface area contributed by atoms with E-state index in [0.29, 0.717) is 0 Å². The maximum absolute atomic E-state index is 12.6. The van der Waals surface area contributed by atoms with Crippen molar-refractivity contribution in [3.8, 4) is 0 Å². The number of carbonyl (C=O) groups is 2. The van der Waals surface area contributed by atoms with Gasteiger partial charge < -0.3 is 11.1 Å². The molecule has 0 saturated heterocycles. The van der Waals surface area contributed by atoms with E-state index in [1.165, 1.54) is 0 Å². The summed E-state index contributed by atoms with van der Waals surface area (Å²) in [5, 5.41) is 2.85. The molecule has 1 atom stereocenters. The third kappa shape index (κ3) is 4.82. The SMILES string of the molecule is NC(=O)[C@H](NC(=O)Cc1ccccc1)C(c1ccccc1)c1ccccc1. The molecule has 0 saturated carbocycles. The number of amides is 2. The van der Waals surface area contributed by atoms with Gasteiger partial charge in [0.05, 0.1) is 6.42 Å². The Bertz CT molecular complexity index is 841. The Kier molecular flexibility index (Phi) is 6.00. The zero-order chi connectivity index (χ0) is 19.1. The predicted octanol–water partition coefficient (Wildman–Crippen LogP) is 3.03. The van der Waals surface area contributed by atoms with Gasteiger partial charge in [0, 0.05) is 5.92 Å². The van der Waals surface area contributed by atoms with Crippen LogP contribution in [0.2, 0.25) is 0 Å². The Labute approximate surface area is 159 Å². The van der Waals surface area contributed by atoms with E-state index in [0.717, 1.165) is 16.7 Å². The summed E-state index contributed by atoms with van der Waals surface area (Å²) < 4.78 is 0. The van der Waals surface area contributed by atoms with E-state index >= 15 is 0 Å². The fraction of sp³-hybridized carbons (Fsp3) is 0.130. The summed E-state index contributed by atoms with van der Waals surface area (Å²) in [6, 6.07) is 27.8. The van der Waals surface area contributed by atoms with Crippen LogP contribution in [0.5, 0.6) is 0 Å². The number of hydrogen-bond acceptors (Lipinski definition) is 2. The number of carbonyl (C=O) groups excluding carboxylic acids is 2. The highest BCUT2D eigenvalue weighted by Crippen LogP contribution is 2.28. The molecule has 0 heterocycles. The van der Waals surface area contributed by atoms with E-state index in [1.54, 1.807) is 0 Å². The maximum Gasteiger partial charge on any atom is 0.240 e. The first-order valence-electron chi connectivity index (χ1n) is 8.87. The van der Waals surface area contributed by atoms with E-state index in [4.69, 9.17) is 5.73 Å². The van der Waals surface area contributed by atoms with Crippen molar-refractivity contribution < 1.29 is 9.59 Å². The van der Waals surface area contributed by atoms with E-state index in [2.05, 4.69) is 5.32 Å². The normalized spacial score (nSPS) is 11.7. The monoisotopic (exact) mass is 358 g/mol. The van der Waals surface area contributed by atoms with Crippen molar-refractivity contribution in [3.05, 3.63) is 108 Å². The Balaban J connectivity index is 1.89. The molecule has 0 spiro atoms. The van der Waals surface area contributed by atoms with Crippen LogP contribution in [-0.4, -0.2) is 17.9 Å². The van der Waals surface area contributed by atoms with Crippen molar-refractivity contribution in [3.63, 3.8) is 0 Å². The summed E-state index contributed by atoms with van der Waals surface area (Å²) in [7, 11) is 0. The van der Waals surface area contributed by atoms with Gasteiger partial charge in [-0.25, -0.2) is 0 Å². The number of nitrogens with two attached hydrogens (primary N) is 1. The van der Waals surface area contributed by atoms with Crippen LogP contribution in [0.3, 0.4) is 0 Å². The minimum atomic E-state index is -0.842. The molecule has 3 aromatic rings. The molecule has 2 amide bonds. The van der Waals surface area contributed by atoms with Gasteiger partial charge in [-0.05, 0) is 16.7 Å². The third-order valence-electron chi connectivity index (χ3n) is 4.48. The average molecular weight is 358 g/mol. The lowest BCUT2D eigenvalue weighted by Crippen LogP contribution is -2.49. The summed E-state index contributed by atoms with van der Waals surface area (Å²) in [6.45, 7) is 0. The Morgan fingerprint density at radius 2 is 1.19 bits per heavy atom. The Morgan fingerprint density at radius 1 is 0.741 bits per heavy atom. The molecule has 3 rings (SSSR count). The highest BCUT2D eigenvalue weighted by molar-refractivity contribution is 5.88. The predicted molar refractivity (Wildman–Crippen MR) is 106 cm³/mol. The van der Waals surface area contributed by atoms with Crippen molar-refractivity contribution >= 4 is 11.8 Å². The van der Waals surface area contributed by atoms with Crippen molar-refractivity contribution in [2.75, 3.05) is 0 Å². The molecule has 0 radical (unpaired) electrons. The molecule has 4 nitrogen and oxygen atoms in total. The smallest absolute Gasteiger partial charge is 0.240 e. The standard InChI is InChI=1S/C23H22N2O2/c24-23(27)22(25-20(26)16-17-10-4-1-5-11-17)21(18-12-6-2-7-13-18)19-14-8-3-9-15-19/h1-15,21-22H,16H2,(H2,24,27)(H,25,26)/t22-/m1/s1. The highest BCUT2D eigenvalue weighted by Gasteiger charge is 2.30. The molecule has 3 aromatic carbocycles. The van der Waals surface area contributed by atoms with Crippen LogP contribution in [-0.2, 0) is 16.0 Å². The molecule has 0 aliphatic heterocycles. The molecule has 0 aliphatic rings. The summed E-state index contributed by atoms with van der Waals surface area (Å²) in [4.78, 5) is 24.9. The van der Waals surface area contributed by atoms with Crippen LogP contribution in [0.1, 0.15) is 22.6 Å². The first kappa shape index (κ1) is 18.4. The Hall–Kier alpha value is -3.40. The summed E-state index contributed by atoms with van der Waals surface area (Å²) in [5.41, 5.74) is 8.43. The van der Waals surface area contributed by atoms with Crippen LogP contribution >= 0.6 is 0 Å². The van der Waals surface area contributed by atoms with Gasteiger partial charge in [-0.3, -0.25) is 9.59 Å². The fourth-order valence-electron chi connectivity index (χ4n) is 3.22. The number of benzene rings is 3. The van der Waals surface area contributed by atoms with Crippen LogP contribution in [0.4, 0.5) is 0 Å². The van der Waals surface area contributed by atoms with Gasteiger partial charge in [0.25, 0.3) is 0 Å². The van der Waals surface area contributed by atoms with Gasteiger partial charge in [0.15, 0.2) is 0 Å². The van der Waals surface area contributed by atoms with Crippen molar-refractivity contribution in [1.29, 1.82) is 0 Å². The summed E-state index contributed by atoms with van der Waals surface area (Å²) in [6.07, 6.45) is 0.195. The van der Waals surface area contributed by atoms with Crippen molar-refractivity contribution in [1.82, 2.24) is 5.32 Å². The number of nitrogens with one attached hydrogen (secondary N) is 1. The molecular weight excluding hydrogens is 336 g/mol. The van der Waals surface area contributed by atoms with Crippen LogP contribution < -0.4 is 11.1 Å². The minimum absolute atomic E-state index is 0.195. The van der Waals surface area contributed by atoms with Crippen LogP contribution in [0.25, 0.3) is 0 Å². The van der Waals surface area contributed by atoms with E-state index in [-0.39, 0.29) is 18.2 Å². The quantitative estimate of drug-likeness (QED) is 0.681. The molecule has 0 unspecified atom stereocenters. The largest absolute Gasteiger partial charge is 0.368 e. The zero-order valence-corrected chi connectivity index (χ0v) is 14.9. The molecule has 27 heavy (non-hydrogen) atoms. The van der Waals surface area contributed by atoms with Gasteiger partial charge in [0.1, 0.15) is 6.04 Å². The Morgan fingerprint density at radius 3 is 1.63 bits per heavy atom. The number of hydrogen-bond donors (Lipinski definition) is 2. The third-order valence-corrected chi connectivity index (χ3v) is 4.48.